The number of nitrogens with zero attached hydrogens (tertiary/aromatic N) is 4. The summed E-state index contributed by atoms with van der Waals surface area (Å²) in [5.74, 6) is 2.26. The van der Waals surface area contributed by atoms with Crippen LogP contribution in [0.1, 0.15) is 18.7 Å². The van der Waals surface area contributed by atoms with E-state index in [9.17, 15) is 4.79 Å². The molecule has 7 nitrogen and oxygen atoms in total. The molecule has 3 heterocycles. The van der Waals surface area contributed by atoms with Gasteiger partial charge in [-0.05, 0) is 30.9 Å². The Morgan fingerprint density at radius 1 is 1.44 bits per heavy atom. The van der Waals surface area contributed by atoms with Crippen molar-refractivity contribution in [3.05, 3.63) is 42.7 Å². The first-order valence-corrected chi connectivity index (χ1v) is 8.74. The Hall–Kier alpha value is -2.57. The van der Waals surface area contributed by atoms with E-state index in [0.29, 0.717) is 24.8 Å². The number of aromatic nitrogens is 3. The fraction of sp³-hybridized carbons (Fsp3) is 0.500. The van der Waals surface area contributed by atoms with Gasteiger partial charge in [-0.2, -0.15) is 0 Å². The molecule has 7 heteroatoms. The molecule has 2 aromatic heterocycles. The van der Waals surface area contributed by atoms with E-state index in [1.54, 1.807) is 12.4 Å². The number of imidazole rings is 1. The Labute approximate surface area is 148 Å². The quantitative estimate of drug-likeness (QED) is 0.813. The van der Waals surface area contributed by atoms with Crippen molar-refractivity contribution in [1.82, 2.24) is 24.8 Å². The zero-order chi connectivity index (χ0) is 17.5. The normalized spacial score (nSPS) is 17.3. The van der Waals surface area contributed by atoms with Crippen molar-refractivity contribution in [3.8, 4) is 5.75 Å². The van der Waals surface area contributed by atoms with Crippen molar-refractivity contribution in [2.45, 2.75) is 19.3 Å². The smallest absolute Gasteiger partial charge is 0.317 e. The number of amides is 2. The van der Waals surface area contributed by atoms with Crippen LogP contribution in [0, 0.1) is 5.92 Å². The summed E-state index contributed by atoms with van der Waals surface area (Å²) in [5, 5.41) is 2.93. The predicted molar refractivity (Wildman–Crippen MR) is 94.3 cm³/mol. The van der Waals surface area contributed by atoms with Crippen LogP contribution < -0.4 is 10.1 Å². The molecule has 0 radical (unpaired) electrons. The monoisotopic (exact) mass is 343 g/mol. The van der Waals surface area contributed by atoms with Crippen LogP contribution in [0.4, 0.5) is 4.79 Å². The molecule has 0 spiro atoms. The molecule has 0 unspecified atom stereocenters. The SMILES string of the molecule is Cn1ccnc1C[C@@H]1CCCN(C(=O)NCCOc2cccnc2)C1. The van der Waals surface area contributed by atoms with Gasteiger partial charge in [0.1, 0.15) is 18.2 Å². The van der Waals surface area contributed by atoms with E-state index >= 15 is 0 Å². The average Bonchev–Trinajstić information content (AvgIpc) is 3.04. The van der Waals surface area contributed by atoms with E-state index in [-0.39, 0.29) is 6.03 Å². The number of hydrogen-bond acceptors (Lipinski definition) is 4. The lowest BCUT2D eigenvalue weighted by molar-refractivity contribution is 0.162. The molecule has 2 aromatic rings. The van der Waals surface area contributed by atoms with Crippen LogP contribution in [0.5, 0.6) is 5.75 Å². The van der Waals surface area contributed by atoms with Gasteiger partial charge in [-0.25, -0.2) is 9.78 Å². The zero-order valence-corrected chi connectivity index (χ0v) is 14.6. The summed E-state index contributed by atoms with van der Waals surface area (Å²) in [6.45, 7) is 2.50. The number of nitrogens with one attached hydrogen (secondary N) is 1. The van der Waals surface area contributed by atoms with Gasteiger partial charge in [0.15, 0.2) is 0 Å². The number of aryl methyl sites for hydroxylation is 1. The summed E-state index contributed by atoms with van der Waals surface area (Å²) >= 11 is 0. The molecule has 0 aliphatic carbocycles. The molecule has 134 valence electrons. The van der Waals surface area contributed by atoms with Gasteiger partial charge >= 0.3 is 6.03 Å². The summed E-state index contributed by atoms with van der Waals surface area (Å²) in [4.78, 5) is 22.6. The van der Waals surface area contributed by atoms with Gasteiger partial charge in [0.25, 0.3) is 0 Å². The Balaban J connectivity index is 1.40. The minimum atomic E-state index is -0.0145. The lowest BCUT2D eigenvalue weighted by atomic mass is 9.94. The minimum Gasteiger partial charge on any atom is -0.490 e. The number of likely N-dealkylation sites (tertiary alicyclic amines) is 1. The van der Waals surface area contributed by atoms with Crippen molar-refractivity contribution in [2.75, 3.05) is 26.2 Å². The van der Waals surface area contributed by atoms with Crippen molar-refractivity contribution in [2.24, 2.45) is 13.0 Å². The van der Waals surface area contributed by atoms with Crippen molar-refractivity contribution >= 4 is 6.03 Å². The lowest BCUT2D eigenvalue weighted by Crippen LogP contribution is -2.46. The number of piperidine rings is 1. The third kappa shape index (κ3) is 4.95. The maximum atomic E-state index is 12.4. The summed E-state index contributed by atoms with van der Waals surface area (Å²) in [5.41, 5.74) is 0. The highest BCUT2D eigenvalue weighted by Crippen LogP contribution is 2.20. The molecule has 3 rings (SSSR count). The minimum absolute atomic E-state index is 0.0145. The van der Waals surface area contributed by atoms with Gasteiger partial charge in [0.2, 0.25) is 0 Å². The number of carbonyl (C=O) groups is 1. The van der Waals surface area contributed by atoms with E-state index in [4.69, 9.17) is 4.74 Å². The molecule has 1 saturated heterocycles. The Morgan fingerprint density at radius 2 is 2.36 bits per heavy atom. The van der Waals surface area contributed by atoms with Gasteiger partial charge in [0, 0.05) is 45.1 Å². The van der Waals surface area contributed by atoms with Crippen LogP contribution in [0.3, 0.4) is 0 Å². The van der Waals surface area contributed by atoms with Crippen LogP contribution in [-0.2, 0) is 13.5 Å². The summed E-state index contributed by atoms with van der Waals surface area (Å²) in [7, 11) is 2.01. The lowest BCUT2D eigenvalue weighted by Gasteiger charge is -2.32. The van der Waals surface area contributed by atoms with Crippen LogP contribution in [-0.4, -0.2) is 51.7 Å². The molecular formula is C18H25N5O2. The molecular weight excluding hydrogens is 318 g/mol. The van der Waals surface area contributed by atoms with Crippen molar-refractivity contribution < 1.29 is 9.53 Å². The molecule has 1 fully saturated rings. The molecule has 1 N–H and O–H groups in total. The number of pyridine rings is 1. The van der Waals surface area contributed by atoms with Gasteiger partial charge < -0.3 is 19.5 Å². The fourth-order valence-corrected chi connectivity index (χ4v) is 3.14. The van der Waals surface area contributed by atoms with Crippen molar-refractivity contribution in [3.63, 3.8) is 0 Å². The number of rotatable bonds is 6. The van der Waals surface area contributed by atoms with Crippen LogP contribution in [0.15, 0.2) is 36.9 Å². The van der Waals surface area contributed by atoms with Crippen LogP contribution in [0.25, 0.3) is 0 Å². The highest BCUT2D eigenvalue weighted by molar-refractivity contribution is 5.74. The molecule has 1 aliphatic rings. The fourth-order valence-electron chi connectivity index (χ4n) is 3.14. The van der Waals surface area contributed by atoms with Crippen LogP contribution >= 0.6 is 0 Å². The first kappa shape index (κ1) is 17.3. The molecule has 2 amide bonds. The third-order valence-electron chi connectivity index (χ3n) is 4.48. The number of hydrogen-bond donors (Lipinski definition) is 1. The molecule has 0 aromatic carbocycles. The second-order valence-electron chi connectivity index (χ2n) is 6.38. The van der Waals surface area contributed by atoms with E-state index in [2.05, 4.69) is 19.9 Å². The second-order valence-corrected chi connectivity index (χ2v) is 6.38. The van der Waals surface area contributed by atoms with Gasteiger partial charge in [-0.1, -0.05) is 0 Å². The summed E-state index contributed by atoms with van der Waals surface area (Å²) in [6, 6.07) is 3.66. The first-order chi connectivity index (χ1) is 12.2. The summed E-state index contributed by atoms with van der Waals surface area (Å²) < 4.78 is 7.59. The highest BCUT2D eigenvalue weighted by Gasteiger charge is 2.24. The van der Waals surface area contributed by atoms with Crippen molar-refractivity contribution in [1.29, 1.82) is 0 Å². The van der Waals surface area contributed by atoms with E-state index in [1.807, 2.05) is 36.5 Å². The Bertz CT molecular complexity index is 673. The molecule has 0 bridgehead atoms. The topological polar surface area (TPSA) is 72.3 Å². The summed E-state index contributed by atoms with van der Waals surface area (Å²) in [6.07, 6.45) is 10.2. The van der Waals surface area contributed by atoms with E-state index < -0.39 is 0 Å². The average molecular weight is 343 g/mol. The maximum Gasteiger partial charge on any atom is 0.317 e. The van der Waals surface area contributed by atoms with Gasteiger partial charge in [0.05, 0.1) is 12.7 Å². The Morgan fingerprint density at radius 3 is 3.12 bits per heavy atom. The zero-order valence-electron chi connectivity index (χ0n) is 14.6. The standard InChI is InChI=1S/C18H25N5O2/c1-22-10-7-20-17(22)12-15-4-3-9-23(14-15)18(24)21-8-11-25-16-5-2-6-19-13-16/h2,5-7,10,13,15H,3-4,8-9,11-12,14H2,1H3,(H,21,24)/t15-/m0/s1. The third-order valence-corrected chi connectivity index (χ3v) is 4.48. The molecule has 0 saturated carbocycles. The van der Waals surface area contributed by atoms with Crippen LogP contribution in [0.2, 0.25) is 0 Å². The molecule has 25 heavy (non-hydrogen) atoms. The highest BCUT2D eigenvalue weighted by atomic mass is 16.5. The number of urea groups is 1. The molecule has 1 aliphatic heterocycles. The largest absolute Gasteiger partial charge is 0.490 e. The van der Waals surface area contributed by atoms with E-state index in [1.165, 1.54) is 0 Å². The Kier molecular flexibility index (Phi) is 5.87. The molecule has 1 atom stereocenters. The van der Waals surface area contributed by atoms with E-state index in [0.717, 1.165) is 38.2 Å². The number of ether oxygens (including phenoxy) is 1. The number of carbonyl (C=O) groups excluding carboxylic acids is 1. The van der Waals surface area contributed by atoms with Gasteiger partial charge in [-0.3, -0.25) is 4.98 Å². The first-order valence-electron chi connectivity index (χ1n) is 8.74. The predicted octanol–water partition coefficient (Wildman–Crippen LogP) is 1.86. The second kappa shape index (κ2) is 8.50. The maximum absolute atomic E-state index is 12.4. The van der Waals surface area contributed by atoms with Gasteiger partial charge in [-0.15, -0.1) is 0 Å².